The van der Waals surface area contributed by atoms with Gasteiger partial charge in [0.2, 0.25) is 0 Å². The number of nitrogens with one attached hydrogen (secondary N) is 2. The lowest BCUT2D eigenvalue weighted by Gasteiger charge is -2.20. The molecule has 1 heterocycles. The molecule has 0 spiro atoms. The van der Waals surface area contributed by atoms with Gasteiger partial charge in [0.15, 0.2) is 0 Å². The highest BCUT2D eigenvalue weighted by Crippen LogP contribution is 2.19. The van der Waals surface area contributed by atoms with E-state index < -0.39 is 22.9 Å². The van der Waals surface area contributed by atoms with E-state index in [1.807, 2.05) is 0 Å². The van der Waals surface area contributed by atoms with Gasteiger partial charge in [-0.1, -0.05) is 0 Å². The third kappa shape index (κ3) is 3.32. The number of carboxylic acid groups (broad SMARTS) is 1. The van der Waals surface area contributed by atoms with Crippen molar-refractivity contribution in [3.8, 4) is 0 Å². The fourth-order valence-electron chi connectivity index (χ4n) is 2.32. The lowest BCUT2D eigenvalue weighted by Crippen LogP contribution is -2.40. The Kier molecular flexibility index (Phi) is 4.16. The number of carboxylic acids is 1. The summed E-state index contributed by atoms with van der Waals surface area (Å²) < 4.78 is 0. The molecule has 0 bridgehead atoms. The summed E-state index contributed by atoms with van der Waals surface area (Å²) in [7, 11) is 0. The molecule has 2 rings (SSSR count). The molecule has 1 amide bonds. The molecule has 0 aliphatic heterocycles. The van der Waals surface area contributed by atoms with Crippen LogP contribution in [-0.4, -0.2) is 28.5 Å². The highest BCUT2D eigenvalue weighted by molar-refractivity contribution is 5.94. The Hall–Kier alpha value is -2.11. The quantitative estimate of drug-likeness (QED) is 0.773. The zero-order valence-corrected chi connectivity index (χ0v) is 12.3. The summed E-state index contributed by atoms with van der Waals surface area (Å²) in [6, 6.07) is 1.64. The molecule has 1 aliphatic rings. The predicted molar refractivity (Wildman–Crippen MR) is 77.5 cm³/mol. The first-order valence-electron chi connectivity index (χ1n) is 7.08. The number of pyridine rings is 1. The zero-order chi connectivity index (χ0) is 15.6. The van der Waals surface area contributed by atoms with Crippen molar-refractivity contribution in [3.05, 3.63) is 33.2 Å². The number of H-pyrrole nitrogens is 1. The van der Waals surface area contributed by atoms with E-state index in [9.17, 15) is 14.4 Å². The molecule has 114 valence electrons. The first-order valence-corrected chi connectivity index (χ1v) is 7.08. The SMILES string of the molecule is CC(C)(CNC(=O)c1cc2c([nH]c1=O)CCCC2)C(=O)O. The van der Waals surface area contributed by atoms with E-state index in [-0.39, 0.29) is 12.1 Å². The second-order valence-corrected chi connectivity index (χ2v) is 6.09. The largest absolute Gasteiger partial charge is 0.481 e. The van der Waals surface area contributed by atoms with Crippen molar-refractivity contribution in [3.63, 3.8) is 0 Å². The van der Waals surface area contributed by atoms with Crippen LogP contribution < -0.4 is 10.9 Å². The summed E-state index contributed by atoms with van der Waals surface area (Å²) in [4.78, 5) is 37.8. The number of hydrogen-bond donors (Lipinski definition) is 3. The maximum atomic E-state index is 12.1. The summed E-state index contributed by atoms with van der Waals surface area (Å²) in [5.41, 5.74) is 0.478. The van der Waals surface area contributed by atoms with Crippen molar-refractivity contribution in [2.24, 2.45) is 5.41 Å². The Labute approximate surface area is 122 Å². The van der Waals surface area contributed by atoms with Crippen LogP contribution in [0.2, 0.25) is 0 Å². The molecule has 0 saturated carbocycles. The van der Waals surface area contributed by atoms with E-state index in [1.165, 1.54) is 13.8 Å². The minimum atomic E-state index is -1.07. The normalized spacial score (nSPS) is 14.4. The number of aliphatic carboxylic acids is 1. The van der Waals surface area contributed by atoms with Crippen molar-refractivity contribution in [1.29, 1.82) is 0 Å². The number of aryl methyl sites for hydroxylation is 2. The van der Waals surface area contributed by atoms with Crippen LogP contribution in [0.5, 0.6) is 0 Å². The van der Waals surface area contributed by atoms with Crippen LogP contribution in [0, 0.1) is 5.41 Å². The molecule has 1 aromatic heterocycles. The molecule has 0 radical (unpaired) electrons. The van der Waals surface area contributed by atoms with Gasteiger partial charge in [-0.15, -0.1) is 0 Å². The summed E-state index contributed by atoms with van der Waals surface area (Å²) in [6.07, 6.45) is 3.78. The van der Waals surface area contributed by atoms with Crippen molar-refractivity contribution in [2.45, 2.75) is 39.5 Å². The molecular weight excluding hydrogens is 272 g/mol. The van der Waals surface area contributed by atoms with Gasteiger partial charge in [0.05, 0.1) is 5.41 Å². The molecule has 1 aromatic rings. The Morgan fingerprint density at radius 2 is 2.00 bits per heavy atom. The van der Waals surface area contributed by atoms with Crippen LogP contribution in [0.1, 0.15) is 48.3 Å². The van der Waals surface area contributed by atoms with Gasteiger partial charge in [0, 0.05) is 12.2 Å². The maximum Gasteiger partial charge on any atom is 0.310 e. The Balaban J connectivity index is 2.16. The van der Waals surface area contributed by atoms with E-state index >= 15 is 0 Å². The molecule has 0 unspecified atom stereocenters. The van der Waals surface area contributed by atoms with Gasteiger partial charge >= 0.3 is 5.97 Å². The number of carbonyl (C=O) groups excluding carboxylic acids is 1. The number of aromatic nitrogens is 1. The third-order valence-corrected chi connectivity index (χ3v) is 3.85. The molecule has 0 aromatic carbocycles. The Bertz CT molecular complexity index is 631. The summed E-state index contributed by atoms with van der Waals surface area (Å²) in [5, 5.41) is 11.5. The second-order valence-electron chi connectivity index (χ2n) is 6.09. The molecular formula is C15H20N2O4. The van der Waals surface area contributed by atoms with Crippen LogP contribution in [-0.2, 0) is 17.6 Å². The van der Waals surface area contributed by atoms with Crippen molar-refractivity contribution in [1.82, 2.24) is 10.3 Å². The number of hydrogen-bond acceptors (Lipinski definition) is 3. The van der Waals surface area contributed by atoms with Crippen LogP contribution in [0.4, 0.5) is 0 Å². The molecule has 3 N–H and O–H groups in total. The molecule has 1 aliphatic carbocycles. The lowest BCUT2D eigenvalue weighted by molar-refractivity contribution is -0.146. The zero-order valence-electron chi connectivity index (χ0n) is 12.3. The fourth-order valence-corrected chi connectivity index (χ4v) is 2.32. The first-order chi connectivity index (χ1) is 9.81. The van der Waals surface area contributed by atoms with Gasteiger partial charge in [-0.05, 0) is 51.2 Å². The van der Waals surface area contributed by atoms with E-state index in [0.717, 1.165) is 36.9 Å². The van der Waals surface area contributed by atoms with E-state index in [2.05, 4.69) is 10.3 Å². The number of fused-ring (bicyclic) bond motifs is 1. The van der Waals surface area contributed by atoms with E-state index in [1.54, 1.807) is 6.07 Å². The summed E-state index contributed by atoms with van der Waals surface area (Å²) in [5.74, 6) is -1.53. The molecule has 0 fully saturated rings. The second kappa shape index (κ2) is 5.71. The topological polar surface area (TPSA) is 99.3 Å². The molecule has 0 atom stereocenters. The van der Waals surface area contributed by atoms with Gasteiger partial charge in [-0.25, -0.2) is 0 Å². The van der Waals surface area contributed by atoms with Crippen LogP contribution in [0.15, 0.2) is 10.9 Å². The predicted octanol–water partition coefficient (Wildman–Crippen LogP) is 1.09. The minimum Gasteiger partial charge on any atom is -0.481 e. The van der Waals surface area contributed by atoms with Gasteiger partial charge in [-0.2, -0.15) is 0 Å². The third-order valence-electron chi connectivity index (χ3n) is 3.85. The van der Waals surface area contributed by atoms with Crippen molar-refractivity contribution >= 4 is 11.9 Å². The number of amides is 1. The average molecular weight is 292 g/mol. The smallest absolute Gasteiger partial charge is 0.310 e. The first kappa shape index (κ1) is 15.3. The summed E-state index contributed by atoms with van der Waals surface area (Å²) in [6.45, 7) is 3.01. The Morgan fingerprint density at radius 1 is 1.33 bits per heavy atom. The van der Waals surface area contributed by atoms with Crippen LogP contribution in [0.25, 0.3) is 0 Å². The molecule has 21 heavy (non-hydrogen) atoms. The van der Waals surface area contributed by atoms with Crippen LogP contribution in [0.3, 0.4) is 0 Å². The molecule has 6 nitrogen and oxygen atoms in total. The van der Waals surface area contributed by atoms with Gasteiger partial charge < -0.3 is 15.4 Å². The number of aromatic amines is 1. The van der Waals surface area contributed by atoms with Gasteiger partial charge in [-0.3, -0.25) is 14.4 Å². The van der Waals surface area contributed by atoms with Gasteiger partial charge in [0.1, 0.15) is 5.56 Å². The number of carbonyl (C=O) groups is 2. The standard InChI is InChI=1S/C15H20N2O4/c1-15(2,14(20)21)8-16-12(18)10-7-9-5-3-4-6-11(9)17-13(10)19/h7H,3-6,8H2,1-2H3,(H,16,18)(H,17,19)(H,20,21). The number of rotatable bonds is 4. The minimum absolute atomic E-state index is 0.0301. The highest BCUT2D eigenvalue weighted by Gasteiger charge is 2.28. The van der Waals surface area contributed by atoms with Gasteiger partial charge in [0.25, 0.3) is 11.5 Å². The van der Waals surface area contributed by atoms with Crippen molar-refractivity contribution < 1.29 is 14.7 Å². The van der Waals surface area contributed by atoms with E-state index in [4.69, 9.17) is 5.11 Å². The fraction of sp³-hybridized carbons (Fsp3) is 0.533. The Morgan fingerprint density at radius 3 is 2.67 bits per heavy atom. The highest BCUT2D eigenvalue weighted by atomic mass is 16.4. The van der Waals surface area contributed by atoms with E-state index in [0.29, 0.717) is 0 Å². The monoisotopic (exact) mass is 292 g/mol. The average Bonchev–Trinajstić information content (AvgIpc) is 2.44. The van der Waals surface area contributed by atoms with Crippen molar-refractivity contribution in [2.75, 3.05) is 6.54 Å². The van der Waals surface area contributed by atoms with Crippen LogP contribution >= 0.6 is 0 Å². The summed E-state index contributed by atoms with van der Waals surface area (Å²) >= 11 is 0. The molecule has 6 heteroatoms. The maximum absolute atomic E-state index is 12.1. The molecule has 0 saturated heterocycles. The lowest BCUT2D eigenvalue weighted by atomic mass is 9.93.